The second kappa shape index (κ2) is 35.2. The van der Waals surface area contributed by atoms with Gasteiger partial charge in [0.2, 0.25) is 0 Å². The smallest absolute Gasteiger partial charge is 0.313 e. The van der Waals surface area contributed by atoms with Crippen molar-refractivity contribution in [3.05, 3.63) is 115 Å². The number of cyclic esters (lactones) is 1. The highest BCUT2D eigenvalue weighted by Gasteiger charge is 2.43. The number of carboxylic acids is 1. The number of carbonyl (C=O) groups excluding carboxylic acids is 5. The minimum Gasteiger partial charge on any atom is -0.481 e. The summed E-state index contributed by atoms with van der Waals surface area (Å²) in [7, 11) is 0. The fourth-order valence-electron chi connectivity index (χ4n) is 9.37. The van der Waals surface area contributed by atoms with Gasteiger partial charge in [0.15, 0.2) is 12.1 Å². The van der Waals surface area contributed by atoms with E-state index in [4.69, 9.17) is 25.7 Å². The molecule has 0 spiro atoms. The summed E-state index contributed by atoms with van der Waals surface area (Å²) in [5, 5.41) is 96.0. The predicted octanol–water partition coefficient (Wildman–Crippen LogP) is 3.61. The van der Waals surface area contributed by atoms with Gasteiger partial charge >= 0.3 is 11.9 Å². The maximum absolute atomic E-state index is 13.3. The number of Topliss-reactive ketones (excluding diaryl/α,β-unsaturated/α-hetero) is 4. The number of benzene rings is 1. The molecular formula is C59H84N2O18. The number of ether oxygens (including phenoxy) is 3. The third kappa shape index (κ3) is 25.2. The molecule has 0 saturated carbocycles. The molecule has 0 aliphatic carbocycles. The summed E-state index contributed by atoms with van der Waals surface area (Å²) in [4.78, 5) is 77.3. The molecule has 14 unspecified atom stereocenters. The van der Waals surface area contributed by atoms with Gasteiger partial charge in [-0.3, -0.25) is 28.8 Å². The lowest BCUT2D eigenvalue weighted by molar-refractivity contribution is -0.277. The number of aliphatic carboxylic acids is 1. The molecule has 2 aliphatic rings. The van der Waals surface area contributed by atoms with Gasteiger partial charge in [-0.25, -0.2) is 0 Å². The molecule has 0 amide bonds. The first-order valence-electron chi connectivity index (χ1n) is 26.9. The SMILES string of the molecule is CC1C=CC=CC=CC=CC=CC=CC=CC(O[C@@H]2OC(C)[C@@H](O)[C@H](N)C2O)CC(O)C(C(=O)O)C(O)CC(=O)CC(O)CC(O)CC(O)CC(=O)CCCC(=O)CC(=O)OC1C(C)CC(C)C(O)CC(=O)c1ccc(N)cc1. The zero-order chi connectivity index (χ0) is 58.8. The minimum atomic E-state index is -1.95. The van der Waals surface area contributed by atoms with E-state index >= 15 is 0 Å². The molecule has 0 bridgehead atoms. The number of carboxylic acid groups (broad SMARTS) is 1. The summed E-state index contributed by atoms with van der Waals surface area (Å²) in [6.07, 6.45) is 4.21. The summed E-state index contributed by atoms with van der Waals surface area (Å²) in [5.74, 6) is -7.43. The van der Waals surface area contributed by atoms with Gasteiger partial charge in [0.05, 0.1) is 61.0 Å². The fraction of sp³-hybridized carbons (Fsp3) is 0.559. The highest BCUT2D eigenvalue weighted by molar-refractivity contribution is 5.97. The monoisotopic (exact) mass is 1110 g/mol. The van der Waals surface area contributed by atoms with Crippen LogP contribution in [0.25, 0.3) is 0 Å². The van der Waals surface area contributed by atoms with Gasteiger partial charge in [-0.05, 0) is 68.7 Å². The van der Waals surface area contributed by atoms with Gasteiger partial charge in [0, 0.05) is 62.1 Å². The summed E-state index contributed by atoms with van der Waals surface area (Å²) >= 11 is 0. The van der Waals surface area contributed by atoms with Crippen molar-refractivity contribution >= 4 is 40.8 Å². The maximum atomic E-state index is 13.3. The predicted molar refractivity (Wildman–Crippen MR) is 293 cm³/mol. The van der Waals surface area contributed by atoms with Crippen molar-refractivity contribution in [3.63, 3.8) is 0 Å². The Morgan fingerprint density at radius 1 is 0.684 bits per heavy atom. The lowest BCUT2D eigenvalue weighted by Crippen LogP contribution is -2.61. The first-order valence-corrected chi connectivity index (χ1v) is 26.9. The van der Waals surface area contributed by atoms with E-state index in [-0.39, 0.29) is 55.6 Å². The van der Waals surface area contributed by atoms with Crippen LogP contribution in [0.2, 0.25) is 0 Å². The number of nitrogen functional groups attached to an aromatic ring is 1. The lowest BCUT2D eigenvalue weighted by atomic mass is 9.83. The number of rotatable bonds is 10. The second-order valence-electron chi connectivity index (χ2n) is 20.9. The Kier molecular flexibility index (Phi) is 30.1. The van der Waals surface area contributed by atoms with Crippen LogP contribution in [0, 0.1) is 23.7 Å². The summed E-state index contributed by atoms with van der Waals surface area (Å²) in [6.45, 7) is 7.02. The average molecular weight is 1110 g/mol. The first-order chi connectivity index (χ1) is 37.4. The van der Waals surface area contributed by atoms with E-state index in [0.29, 0.717) is 17.7 Å². The number of anilines is 1. The molecule has 20 nitrogen and oxygen atoms in total. The van der Waals surface area contributed by atoms with Crippen LogP contribution in [0.5, 0.6) is 0 Å². The molecule has 2 aliphatic heterocycles. The molecule has 1 aromatic rings. The fourth-order valence-corrected chi connectivity index (χ4v) is 9.37. The van der Waals surface area contributed by atoms with Crippen LogP contribution in [0.4, 0.5) is 5.69 Å². The second-order valence-corrected chi connectivity index (χ2v) is 20.9. The summed E-state index contributed by atoms with van der Waals surface area (Å²) in [6, 6.07) is 5.24. The van der Waals surface area contributed by atoms with E-state index < -0.39 is 153 Å². The highest BCUT2D eigenvalue weighted by Crippen LogP contribution is 2.29. The number of ketones is 4. The molecule has 0 aromatic heterocycles. The zero-order valence-electron chi connectivity index (χ0n) is 45.5. The largest absolute Gasteiger partial charge is 0.481 e. The number of carbonyl (C=O) groups is 6. The number of allylic oxidation sites excluding steroid dienone is 12. The van der Waals surface area contributed by atoms with Crippen molar-refractivity contribution in [2.75, 3.05) is 5.73 Å². The van der Waals surface area contributed by atoms with Crippen LogP contribution in [-0.2, 0) is 38.2 Å². The van der Waals surface area contributed by atoms with Crippen molar-refractivity contribution in [1.82, 2.24) is 0 Å². The van der Waals surface area contributed by atoms with E-state index in [1.807, 2.05) is 19.9 Å². The van der Waals surface area contributed by atoms with Gasteiger partial charge in [0.25, 0.3) is 0 Å². The molecule has 3 rings (SSSR count). The molecule has 79 heavy (non-hydrogen) atoms. The van der Waals surface area contributed by atoms with Crippen molar-refractivity contribution in [2.24, 2.45) is 29.4 Å². The molecule has 2 heterocycles. The van der Waals surface area contributed by atoms with Crippen molar-refractivity contribution in [1.29, 1.82) is 0 Å². The Morgan fingerprint density at radius 3 is 1.78 bits per heavy atom. The van der Waals surface area contributed by atoms with Gasteiger partial charge in [-0.1, -0.05) is 106 Å². The first kappa shape index (κ1) is 67.7. The van der Waals surface area contributed by atoms with Crippen LogP contribution >= 0.6 is 0 Å². The van der Waals surface area contributed by atoms with Crippen LogP contribution in [0.1, 0.15) is 115 Å². The average Bonchev–Trinajstić information content (AvgIpc) is 3.36. The minimum absolute atomic E-state index is 0.0615. The topological polar surface area (TPSA) is 364 Å². The van der Waals surface area contributed by atoms with E-state index in [2.05, 4.69) is 0 Å². The number of aliphatic hydroxyl groups excluding tert-OH is 8. The lowest BCUT2D eigenvalue weighted by Gasteiger charge is -2.41. The van der Waals surface area contributed by atoms with Gasteiger partial charge in [-0.15, -0.1) is 0 Å². The summed E-state index contributed by atoms with van der Waals surface area (Å²) < 4.78 is 17.5. The third-order valence-corrected chi connectivity index (χ3v) is 13.8. The number of aliphatic hydroxyl groups is 8. The van der Waals surface area contributed by atoms with Crippen LogP contribution < -0.4 is 11.5 Å². The Balaban J connectivity index is 1.83. The molecule has 1 fully saturated rings. The van der Waals surface area contributed by atoms with E-state index in [1.54, 1.807) is 98.0 Å². The number of nitrogens with two attached hydrogens (primary N) is 2. The molecule has 20 heteroatoms. The third-order valence-electron chi connectivity index (χ3n) is 13.8. The molecule has 13 N–H and O–H groups in total. The molecule has 0 radical (unpaired) electrons. The quantitative estimate of drug-likeness (QED) is 0.0690. The summed E-state index contributed by atoms with van der Waals surface area (Å²) in [5.41, 5.74) is 12.7. The standard InChI is InChI=1S/C59H84N2O18/c1-35-18-15-13-11-9-7-5-6-8-10-12-14-16-21-47(78-59-56(74)54(61)55(73)38(4)77-59)33-51(71)53(58(75)76)50(70)31-46(67)30-45(66)29-44(65)28-43(64)27-41(62)19-17-20-42(63)32-52(72)79-57(35)37(3)26-36(2)48(68)34-49(69)39-22-24-40(60)25-23-39/h5-16,18,21-25,35-38,43-45,47-48,50-51,53-57,59,64-66,68,70-71,73-74H,17,19-20,26-34,60-61H2,1-4H3,(H,75,76)/t35?,36?,37?,38?,43?,44?,45?,47?,48?,50?,51?,53?,54-,55+,56?,57?,59-/m0/s1. The molecule has 1 saturated heterocycles. The number of esters is 1. The van der Waals surface area contributed by atoms with Crippen LogP contribution in [0.3, 0.4) is 0 Å². The van der Waals surface area contributed by atoms with E-state index in [9.17, 15) is 74.7 Å². The van der Waals surface area contributed by atoms with Crippen LogP contribution in [0.15, 0.2) is 109 Å². The van der Waals surface area contributed by atoms with E-state index in [1.165, 1.54) is 19.1 Å². The van der Waals surface area contributed by atoms with Gasteiger partial charge in [0.1, 0.15) is 41.9 Å². The molecular weight excluding hydrogens is 1020 g/mol. The Hall–Kier alpha value is -5.62. The number of hydrogen-bond donors (Lipinski definition) is 11. The molecule has 17 atom stereocenters. The Labute approximate surface area is 462 Å². The molecule has 1 aromatic carbocycles. The number of hydrogen-bond acceptors (Lipinski definition) is 19. The van der Waals surface area contributed by atoms with Crippen LogP contribution in [-0.4, -0.2) is 161 Å². The zero-order valence-corrected chi connectivity index (χ0v) is 45.5. The van der Waals surface area contributed by atoms with Crippen molar-refractivity contribution in [3.8, 4) is 0 Å². The molecule has 438 valence electrons. The van der Waals surface area contributed by atoms with Gasteiger partial charge < -0.3 is 71.6 Å². The Bertz CT molecular complexity index is 2310. The normalized spacial score (nSPS) is 31.9. The van der Waals surface area contributed by atoms with Crippen molar-refractivity contribution in [2.45, 2.75) is 184 Å². The van der Waals surface area contributed by atoms with E-state index in [0.717, 1.165) is 0 Å². The maximum Gasteiger partial charge on any atom is 0.313 e. The van der Waals surface area contributed by atoms with Crippen molar-refractivity contribution < 1.29 is 88.9 Å². The van der Waals surface area contributed by atoms with Gasteiger partial charge in [-0.2, -0.15) is 0 Å². The Morgan fingerprint density at radius 2 is 1.22 bits per heavy atom. The highest BCUT2D eigenvalue weighted by atomic mass is 16.7.